The number of rotatable bonds is 12. The lowest BCUT2D eigenvalue weighted by Crippen LogP contribution is -2.42. The highest BCUT2D eigenvalue weighted by Gasteiger charge is 2.46. The topological polar surface area (TPSA) is 91.3 Å². The SMILES string of the molecule is CCOC(=O)C(N=C(c1ccccc1)c1ccccc1)C(c1ccccc1)C(C(=O)OCC)C(=O)OCC. The van der Waals surface area contributed by atoms with Crippen LogP contribution < -0.4 is 0 Å². The van der Waals surface area contributed by atoms with Crippen molar-refractivity contribution in [1.82, 2.24) is 0 Å². The largest absolute Gasteiger partial charge is 0.465 e. The number of ether oxygens (including phenoxy) is 3. The van der Waals surface area contributed by atoms with Gasteiger partial charge in [-0.1, -0.05) is 91.0 Å². The van der Waals surface area contributed by atoms with Crippen molar-refractivity contribution in [2.24, 2.45) is 10.9 Å². The van der Waals surface area contributed by atoms with E-state index in [-0.39, 0.29) is 19.8 Å². The first-order valence-electron chi connectivity index (χ1n) is 12.7. The van der Waals surface area contributed by atoms with E-state index < -0.39 is 35.8 Å². The maximum absolute atomic E-state index is 13.6. The average molecular weight is 516 g/mol. The van der Waals surface area contributed by atoms with Crippen molar-refractivity contribution in [2.75, 3.05) is 19.8 Å². The Morgan fingerprint density at radius 1 is 0.605 bits per heavy atom. The summed E-state index contributed by atoms with van der Waals surface area (Å²) in [5.74, 6) is -4.72. The molecule has 0 saturated heterocycles. The van der Waals surface area contributed by atoms with Crippen molar-refractivity contribution < 1.29 is 28.6 Å². The summed E-state index contributed by atoms with van der Waals surface area (Å²) < 4.78 is 16.1. The third kappa shape index (κ3) is 7.16. The molecule has 0 heterocycles. The molecule has 0 N–H and O–H groups in total. The Morgan fingerprint density at radius 2 is 1.00 bits per heavy atom. The smallest absolute Gasteiger partial charge is 0.331 e. The Kier molecular flexibility index (Phi) is 10.8. The van der Waals surface area contributed by atoms with Gasteiger partial charge in [-0.15, -0.1) is 0 Å². The Hall–Kier alpha value is -4.26. The molecule has 38 heavy (non-hydrogen) atoms. The maximum atomic E-state index is 13.6. The fourth-order valence-corrected chi connectivity index (χ4v) is 4.24. The van der Waals surface area contributed by atoms with Gasteiger partial charge in [-0.25, -0.2) is 4.79 Å². The van der Waals surface area contributed by atoms with Gasteiger partial charge in [-0.05, 0) is 26.3 Å². The predicted octanol–water partition coefficient (Wildman–Crippen LogP) is 4.98. The van der Waals surface area contributed by atoms with Gasteiger partial charge in [0.1, 0.15) is 0 Å². The molecule has 0 aliphatic carbocycles. The molecule has 7 nitrogen and oxygen atoms in total. The van der Waals surface area contributed by atoms with Crippen LogP contribution in [0.3, 0.4) is 0 Å². The zero-order chi connectivity index (χ0) is 27.3. The molecule has 0 aliphatic rings. The molecule has 0 bridgehead atoms. The first-order valence-corrected chi connectivity index (χ1v) is 12.7. The van der Waals surface area contributed by atoms with Crippen molar-refractivity contribution in [3.8, 4) is 0 Å². The van der Waals surface area contributed by atoms with E-state index in [1.54, 1.807) is 45.0 Å². The van der Waals surface area contributed by atoms with Crippen LogP contribution in [0.15, 0.2) is 96.0 Å². The third-order valence-electron chi connectivity index (χ3n) is 5.86. The van der Waals surface area contributed by atoms with Crippen LogP contribution in [-0.2, 0) is 28.6 Å². The van der Waals surface area contributed by atoms with Crippen molar-refractivity contribution >= 4 is 23.6 Å². The number of carbonyl (C=O) groups is 3. The van der Waals surface area contributed by atoms with Gasteiger partial charge in [0.05, 0.1) is 25.5 Å². The minimum Gasteiger partial charge on any atom is -0.465 e. The highest BCUT2D eigenvalue weighted by molar-refractivity contribution is 6.13. The summed E-state index contributed by atoms with van der Waals surface area (Å²) in [7, 11) is 0. The normalized spacial score (nSPS) is 12.2. The van der Waals surface area contributed by atoms with E-state index in [0.717, 1.165) is 11.1 Å². The highest BCUT2D eigenvalue weighted by atomic mass is 16.6. The van der Waals surface area contributed by atoms with Crippen molar-refractivity contribution in [3.63, 3.8) is 0 Å². The van der Waals surface area contributed by atoms with E-state index in [4.69, 9.17) is 19.2 Å². The van der Waals surface area contributed by atoms with E-state index >= 15 is 0 Å². The van der Waals surface area contributed by atoms with Gasteiger partial charge < -0.3 is 14.2 Å². The van der Waals surface area contributed by atoms with Gasteiger partial charge in [0.15, 0.2) is 12.0 Å². The zero-order valence-corrected chi connectivity index (χ0v) is 21.9. The van der Waals surface area contributed by atoms with Crippen molar-refractivity contribution in [3.05, 3.63) is 108 Å². The van der Waals surface area contributed by atoms with Crippen LogP contribution in [0.1, 0.15) is 43.4 Å². The van der Waals surface area contributed by atoms with E-state index in [2.05, 4.69) is 0 Å². The number of esters is 3. The van der Waals surface area contributed by atoms with E-state index in [1.165, 1.54) is 0 Å². The Balaban J connectivity index is 2.31. The summed E-state index contributed by atoms with van der Waals surface area (Å²) in [4.78, 5) is 45.1. The van der Waals surface area contributed by atoms with Gasteiger partial charge >= 0.3 is 17.9 Å². The summed E-state index contributed by atoms with van der Waals surface area (Å²) >= 11 is 0. The second kappa shape index (κ2) is 14.5. The second-order valence-corrected chi connectivity index (χ2v) is 8.32. The van der Waals surface area contributed by atoms with Crippen LogP contribution in [0.25, 0.3) is 0 Å². The molecule has 2 atom stereocenters. The molecule has 0 amide bonds. The Labute approximate surface area is 223 Å². The minimum atomic E-state index is -1.44. The van der Waals surface area contributed by atoms with Crippen LogP contribution in [-0.4, -0.2) is 49.5 Å². The predicted molar refractivity (Wildman–Crippen MR) is 145 cm³/mol. The highest BCUT2D eigenvalue weighted by Crippen LogP contribution is 2.34. The maximum Gasteiger partial charge on any atom is 0.331 e. The third-order valence-corrected chi connectivity index (χ3v) is 5.86. The summed E-state index contributed by atoms with van der Waals surface area (Å²) in [5.41, 5.74) is 2.62. The number of carbonyl (C=O) groups excluding carboxylic acids is 3. The number of nitrogens with zero attached hydrogens (tertiary/aromatic N) is 1. The van der Waals surface area contributed by atoms with Gasteiger partial charge in [-0.3, -0.25) is 14.6 Å². The summed E-state index contributed by atoms with van der Waals surface area (Å²) in [6.45, 7) is 5.22. The zero-order valence-electron chi connectivity index (χ0n) is 21.9. The number of hydrogen-bond donors (Lipinski definition) is 0. The van der Waals surface area contributed by atoms with E-state index in [1.807, 2.05) is 66.7 Å². The second-order valence-electron chi connectivity index (χ2n) is 8.32. The fraction of sp³-hybridized carbons (Fsp3) is 0.290. The van der Waals surface area contributed by atoms with Crippen LogP contribution in [0.5, 0.6) is 0 Å². The molecular formula is C31H33NO6. The molecule has 3 aromatic rings. The molecule has 3 aromatic carbocycles. The van der Waals surface area contributed by atoms with Gasteiger partial charge in [-0.2, -0.15) is 0 Å². The molecule has 0 spiro atoms. The number of hydrogen-bond acceptors (Lipinski definition) is 7. The van der Waals surface area contributed by atoms with Gasteiger partial charge in [0.2, 0.25) is 0 Å². The van der Waals surface area contributed by atoms with Crippen LogP contribution in [0.2, 0.25) is 0 Å². The standard InChI is InChI=1S/C31H33NO6/c1-4-36-29(33)26(30(34)37-5-2)25(22-16-10-7-11-17-22)28(31(35)38-6-3)32-27(23-18-12-8-13-19-23)24-20-14-9-15-21-24/h7-21,25-26,28H,4-6H2,1-3H3. The first kappa shape index (κ1) is 28.3. The monoisotopic (exact) mass is 515 g/mol. The molecule has 7 heteroatoms. The van der Waals surface area contributed by atoms with Crippen molar-refractivity contribution in [2.45, 2.75) is 32.7 Å². The average Bonchev–Trinajstić information content (AvgIpc) is 2.94. The summed E-state index contributed by atoms with van der Waals surface area (Å²) in [5, 5.41) is 0. The molecule has 0 aromatic heterocycles. The molecule has 0 aliphatic heterocycles. The number of aliphatic imine (C=N–C) groups is 1. The molecule has 3 rings (SSSR count). The van der Waals surface area contributed by atoms with Gasteiger partial charge in [0.25, 0.3) is 0 Å². The lowest BCUT2D eigenvalue weighted by Gasteiger charge is -2.29. The van der Waals surface area contributed by atoms with Crippen LogP contribution in [0, 0.1) is 5.92 Å². The Bertz CT molecular complexity index is 1150. The van der Waals surface area contributed by atoms with Crippen molar-refractivity contribution in [1.29, 1.82) is 0 Å². The molecule has 0 radical (unpaired) electrons. The lowest BCUT2D eigenvalue weighted by molar-refractivity contribution is -0.163. The van der Waals surface area contributed by atoms with Crippen LogP contribution >= 0.6 is 0 Å². The Morgan fingerprint density at radius 3 is 1.42 bits per heavy atom. The molecule has 2 unspecified atom stereocenters. The molecule has 0 fully saturated rings. The molecule has 0 saturated carbocycles. The minimum absolute atomic E-state index is 0.0584. The fourth-order valence-electron chi connectivity index (χ4n) is 4.24. The number of benzene rings is 3. The molecular weight excluding hydrogens is 482 g/mol. The van der Waals surface area contributed by atoms with Gasteiger partial charge in [0, 0.05) is 17.0 Å². The lowest BCUT2D eigenvalue weighted by atomic mass is 9.80. The summed E-state index contributed by atoms with van der Waals surface area (Å²) in [6.07, 6.45) is 0. The quantitative estimate of drug-likeness (QED) is 0.146. The van der Waals surface area contributed by atoms with E-state index in [9.17, 15) is 14.4 Å². The van der Waals surface area contributed by atoms with Crippen LogP contribution in [0.4, 0.5) is 0 Å². The molecule has 198 valence electrons. The van der Waals surface area contributed by atoms with E-state index in [0.29, 0.717) is 11.3 Å². The summed E-state index contributed by atoms with van der Waals surface area (Å²) in [6, 6.07) is 26.4. The first-order chi connectivity index (χ1) is 18.5.